The van der Waals surface area contributed by atoms with Crippen LogP contribution in [-0.4, -0.2) is 33.5 Å². The zero-order valence-corrected chi connectivity index (χ0v) is 13.6. The van der Waals surface area contributed by atoms with Gasteiger partial charge >= 0.3 is 0 Å². The Kier molecular flexibility index (Phi) is 5.03. The van der Waals surface area contributed by atoms with Crippen LogP contribution in [0.5, 0.6) is 0 Å². The number of nitrogen functional groups attached to an aromatic ring is 1. The van der Waals surface area contributed by atoms with Crippen LogP contribution in [0, 0.1) is 6.92 Å². The fourth-order valence-corrected chi connectivity index (χ4v) is 5.52. The van der Waals surface area contributed by atoms with Crippen molar-refractivity contribution < 1.29 is 0 Å². The van der Waals surface area contributed by atoms with Crippen molar-refractivity contribution in [1.82, 2.24) is 10.3 Å². The van der Waals surface area contributed by atoms with Crippen LogP contribution >= 0.6 is 23.5 Å². The molecule has 1 aliphatic rings. The van der Waals surface area contributed by atoms with Crippen LogP contribution in [0.1, 0.15) is 31.0 Å². The third-order valence-corrected chi connectivity index (χ3v) is 7.17. The van der Waals surface area contributed by atoms with Gasteiger partial charge in [-0.2, -0.15) is 23.5 Å². The molecule has 0 aromatic carbocycles. The molecule has 19 heavy (non-hydrogen) atoms. The Bertz CT molecular complexity index is 439. The molecule has 2 rings (SSSR count). The van der Waals surface area contributed by atoms with Gasteiger partial charge in [0.1, 0.15) is 5.82 Å². The number of aryl methyl sites for hydroxylation is 1. The first kappa shape index (κ1) is 15.0. The van der Waals surface area contributed by atoms with E-state index < -0.39 is 0 Å². The fourth-order valence-electron chi connectivity index (χ4n) is 2.38. The van der Waals surface area contributed by atoms with Crippen LogP contribution in [0.3, 0.4) is 0 Å². The minimum absolute atomic E-state index is 0.278. The molecule has 0 aliphatic carbocycles. The number of hydrogen-bond acceptors (Lipinski definition) is 5. The monoisotopic (exact) mass is 297 g/mol. The largest absolute Gasteiger partial charge is 0.383 e. The van der Waals surface area contributed by atoms with E-state index in [1.165, 1.54) is 5.56 Å². The second-order valence-electron chi connectivity index (χ2n) is 5.17. The summed E-state index contributed by atoms with van der Waals surface area (Å²) in [6.45, 7) is 6.70. The molecular weight excluding hydrogens is 274 g/mol. The topological polar surface area (TPSA) is 50.9 Å². The Labute approximate surface area is 124 Å². The quantitative estimate of drug-likeness (QED) is 0.898. The zero-order valence-electron chi connectivity index (χ0n) is 12.0. The van der Waals surface area contributed by atoms with Crippen molar-refractivity contribution in [2.75, 3.05) is 18.5 Å². The number of nitrogens with two attached hydrogens (primary N) is 1. The SMILES string of the molecule is CNC(c1cc(C)cnc1N)C1CSC(C)C(C)S1. The Morgan fingerprint density at radius 2 is 2.16 bits per heavy atom. The molecular formula is C14H23N3S2. The van der Waals surface area contributed by atoms with Crippen molar-refractivity contribution in [3.63, 3.8) is 0 Å². The van der Waals surface area contributed by atoms with E-state index in [-0.39, 0.29) is 6.04 Å². The van der Waals surface area contributed by atoms with E-state index in [1.807, 2.05) is 13.2 Å². The first-order valence-electron chi connectivity index (χ1n) is 6.69. The summed E-state index contributed by atoms with van der Waals surface area (Å²) in [6.07, 6.45) is 1.83. The summed E-state index contributed by atoms with van der Waals surface area (Å²) in [5, 5.41) is 5.39. The molecule has 1 aromatic heterocycles. The van der Waals surface area contributed by atoms with E-state index in [0.717, 1.165) is 16.6 Å². The van der Waals surface area contributed by atoms with Gasteiger partial charge < -0.3 is 11.1 Å². The molecule has 106 valence electrons. The molecule has 3 N–H and O–H groups in total. The van der Waals surface area contributed by atoms with Crippen molar-refractivity contribution in [1.29, 1.82) is 0 Å². The molecule has 4 atom stereocenters. The molecule has 0 bridgehead atoms. The minimum atomic E-state index is 0.278. The first-order chi connectivity index (χ1) is 9.02. The predicted molar refractivity (Wildman–Crippen MR) is 87.9 cm³/mol. The Hall–Kier alpha value is -0.390. The van der Waals surface area contributed by atoms with Gasteiger partial charge in [-0.15, -0.1) is 0 Å². The summed E-state index contributed by atoms with van der Waals surface area (Å²) in [5.41, 5.74) is 8.37. The van der Waals surface area contributed by atoms with Gasteiger partial charge in [-0.3, -0.25) is 0 Å². The summed E-state index contributed by atoms with van der Waals surface area (Å²) in [5.74, 6) is 1.82. The average Bonchev–Trinajstić information content (AvgIpc) is 2.38. The lowest BCUT2D eigenvalue weighted by Crippen LogP contribution is -2.36. The maximum Gasteiger partial charge on any atom is 0.128 e. The fraction of sp³-hybridized carbons (Fsp3) is 0.643. The Morgan fingerprint density at radius 3 is 2.79 bits per heavy atom. The highest BCUT2D eigenvalue weighted by Gasteiger charge is 2.32. The number of pyridine rings is 1. The standard InChI is InChI=1S/C14H23N3S2/c1-8-5-11(14(15)17-6-8)13(16-4)12-7-18-9(2)10(3)19-12/h5-6,9-10,12-13,16H,7H2,1-4H3,(H2,15,17). The van der Waals surface area contributed by atoms with Crippen molar-refractivity contribution in [2.45, 2.75) is 42.6 Å². The number of thioether (sulfide) groups is 2. The van der Waals surface area contributed by atoms with Crippen molar-refractivity contribution in [3.8, 4) is 0 Å². The Morgan fingerprint density at radius 1 is 1.42 bits per heavy atom. The molecule has 3 nitrogen and oxygen atoms in total. The summed E-state index contributed by atoms with van der Waals surface area (Å²) < 4.78 is 0. The van der Waals surface area contributed by atoms with Crippen LogP contribution in [0.4, 0.5) is 5.82 Å². The average molecular weight is 297 g/mol. The smallest absolute Gasteiger partial charge is 0.128 e. The number of aromatic nitrogens is 1. The highest BCUT2D eigenvalue weighted by Crippen LogP contribution is 2.41. The number of nitrogens with zero attached hydrogens (tertiary/aromatic N) is 1. The Balaban J connectivity index is 2.22. The van der Waals surface area contributed by atoms with E-state index in [4.69, 9.17) is 5.73 Å². The highest BCUT2D eigenvalue weighted by atomic mass is 32.2. The lowest BCUT2D eigenvalue weighted by molar-refractivity contribution is 0.588. The van der Waals surface area contributed by atoms with Crippen molar-refractivity contribution in [2.24, 2.45) is 0 Å². The molecule has 1 aliphatic heterocycles. The highest BCUT2D eigenvalue weighted by molar-refractivity contribution is 8.07. The molecule has 1 aromatic rings. The molecule has 4 unspecified atom stereocenters. The van der Waals surface area contributed by atoms with E-state index in [2.05, 4.69) is 60.7 Å². The second-order valence-corrected chi connectivity index (χ2v) is 8.20. The predicted octanol–water partition coefficient (Wildman–Crippen LogP) is 2.86. The number of rotatable bonds is 3. The van der Waals surface area contributed by atoms with Gasteiger partial charge in [0.2, 0.25) is 0 Å². The maximum absolute atomic E-state index is 6.07. The normalized spacial score (nSPS) is 29.2. The second kappa shape index (κ2) is 6.37. The van der Waals surface area contributed by atoms with Gasteiger partial charge in [-0.25, -0.2) is 4.98 Å². The molecule has 0 saturated carbocycles. The summed E-state index contributed by atoms with van der Waals surface area (Å²) in [4.78, 5) is 4.30. The summed E-state index contributed by atoms with van der Waals surface area (Å²) in [6, 6.07) is 2.44. The van der Waals surface area contributed by atoms with Gasteiger partial charge in [0.25, 0.3) is 0 Å². The molecule has 2 heterocycles. The molecule has 5 heteroatoms. The van der Waals surface area contributed by atoms with Gasteiger partial charge in [0.05, 0.1) is 0 Å². The number of hydrogen-bond donors (Lipinski definition) is 2. The third-order valence-electron chi connectivity index (χ3n) is 3.68. The third kappa shape index (κ3) is 3.38. The maximum atomic E-state index is 6.07. The lowest BCUT2D eigenvalue weighted by Gasteiger charge is -2.36. The van der Waals surface area contributed by atoms with Crippen molar-refractivity contribution >= 4 is 29.3 Å². The minimum Gasteiger partial charge on any atom is -0.383 e. The van der Waals surface area contributed by atoms with Gasteiger partial charge in [0.15, 0.2) is 0 Å². The van der Waals surface area contributed by atoms with Gasteiger partial charge in [-0.05, 0) is 25.6 Å². The molecule has 1 saturated heterocycles. The van der Waals surface area contributed by atoms with E-state index in [0.29, 0.717) is 16.3 Å². The van der Waals surface area contributed by atoms with E-state index >= 15 is 0 Å². The molecule has 0 radical (unpaired) electrons. The molecule has 0 spiro atoms. The first-order valence-corrected chi connectivity index (χ1v) is 8.68. The van der Waals surface area contributed by atoms with E-state index in [1.54, 1.807) is 0 Å². The zero-order chi connectivity index (χ0) is 14.0. The van der Waals surface area contributed by atoms with Crippen LogP contribution in [0.2, 0.25) is 0 Å². The molecule has 1 fully saturated rings. The van der Waals surface area contributed by atoms with Crippen molar-refractivity contribution in [3.05, 3.63) is 23.4 Å². The molecule has 0 amide bonds. The van der Waals surface area contributed by atoms with Crippen LogP contribution in [0.15, 0.2) is 12.3 Å². The van der Waals surface area contributed by atoms with Gasteiger partial charge in [0, 0.05) is 39.3 Å². The summed E-state index contributed by atoms with van der Waals surface area (Å²) >= 11 is 4.13. The number of anilines is 1. The lowest BCUT2D eigenvalue weighted by atomic mass is 10.0. The van der Waals surface area contributed by atoms with Crippen LogP contribution < -0.4 is 11.1 Å². The van der Waals surface area contributed by atoms with Crippen LogP contribution in [-0.2, 0) is 0 Å². The number of nitrogens with one attached hydrogen (secondary N) is 1. The van der Waals surface area contributed by atoms with E-state index in [9.17, 15) is 0 Å². The van der Waals surface area contributed by atoms with Gasteiger partial charge in [-0.1, -0.05) is 13.8 Å². The summed E-state index contributed by atoms with van der Waals surface area (Å²) in [7, 11) is 2.01. The van der Waals surface area contributed by atoms with Crippen LogP contribution in [0.25, 0.3) is 0 Å².